The molecular formula is C13H17NO3. The van der Waals surface area contributed by atoms with E-state index in [1.54, 1.807) is 6.07 Å². The first kappa shape index (κ1) is 11.8. The molecule has 4 heteroatoms. The maximum Gasteiger partial charge on any atom is 0.224 e. The summed E-state index contributed by atoms with van der Waals surface area (Å²) in [5.41, 5.74) is 0.750. The number of hydrogen-bond donors (Lipinski definition) is 1. The van der Waals surface area contributed by atoms with Crippen LogP contribution in [0.25, 0.3) is 0 Å². The molecule has 1 aliphatic rings. The molecule has 0 bridgehead atoms. The molecule has 17 heavy (non-hydrogen) atoms. The highest BCUT2D eigenvalue weighted by Crippen LogP contribution is 2.32. The Labute approximate surface area is 101 Å². The van der Waals surface area contributed by atoms with Gasteiger partial charge in [-0.15, -0.1) is 0 Å². The highest BCUT2D eigenvalue weighted by Gasteiger charge is 2.13. The number of benzene rings is 1. The summed E-state index contributed by atoms with van der Waals surface area (Å²) in [4.78, 5) is 11.6. The maximum absolute atomic E-state index is 11.6. The van der Waals surface area contributed by atoms with E-state index in [9.17, 15) is 4.79 Å². The highest BCUT2D eigenvalue weighted by molar-refractivity contribution is 5.91. The summed E-state index contributed by atoms with van der Waals surface area (Å²) < 4.78 is 10.9. The molecule has 2 rings (SSSR count). The molecule has 4 nitrogen and oxygen atoms in total. The number of carbonyl (C=O) groups excluding carboxylic acids is 1. The molecule has 92 valence electrons. The molecule has 1 N–H and O–H groups in total. The smallest absolute Gasteiger partial charge is 0.224 e. The van der Waals surface area contributed by atoms with E-state index in [2.05, 4.69) is 5.32 Å². The van der Waals surface area contributed by atoms with E-state index in [4.69, 9.17) is 9.47 Å². The van der Waals surface area contributed by atoms with Crippen molar-refractivity contribution >= 4 is 11.6 Å². The zero-order valence-electron chi connectivity index (χ0n) is 10.2. The second-order valence-electron chi connectivity index (χ2n) is 4.50. The van der Waals surface area contributed by atoms with E-state index in [0.29, 0.717) is 31.3 Å². The van der Waals surface area contributed by atoms with Crippen LogP contribution in [0.3, 0.4) is 0 Å². The molecule has 0 saturated carbocycles. The van der Waals surface area contributed by atoms with E-state index in [-0.39, 0.29) is 5.91 Å². The lowest BCUT2D eigenvalue weighted by molar-refractivity contribution is -0.116. The second-order valence-corrected chi connectivity index (χ2v) is 4.50. The van der Waals surface area contributed by atoms with Gasteiger partial charge in [0.1, 0.15) is 13.2 Å². The van der Waals surface area contributed by atoms with E-state index in [1.165, 1.54) is 0 Å². The van der Waals surface area contributed by atoms with Crippen molar-refractivity contribution in [3.05, 3.63) is 18.2 Å². The molecule has 0 aromatic heterocycles. The fourth-order valence-corrected chi connectivity index (χ4v) is 1.70. The van der Waals surface area contributed by atoms with E-state index < -0.39 is 0 Å². The van der Waals surface area contributed by atoms with Gasteiger partial charge in [0.15, 0.2) is 11.5 Å². The van der Waals surface area contributed by atoms with Gasteiger partial charge in [-0.05, 0) is 18.1 Å². The van der Waals surface area contributed by atoms with Crippen LogP contribution < -0.4 is 14.8 Å². The number of carbonyl (C=O) groups is 1. The molecule has 1 heterocycles. The monoisotopic (exact) mass is 235 g/mol. The summed E-state index contributed by atoms with van der Waals surface area (Å²) in [6.45, 7) is 5.16. The van der Waals surface area contributed by atoms with E-state index in [1.807, 2.05) is 26.0 Å². The van der Waals surface area contributed by atoms with Crippen LogP contribution >= 0.6 is 0 Å². The van der Waals surface area contributed by atoms with Gasteiger partial charge in [0.05, 0.1) is 0 Å². The number of fused-ring (bicyclic) bond motifs is 1. The molecule has 0 unspecified atom stereocenters. The first-order valence-electron chi connectivity index (χ1n) is 5.84. The lowest BCUT2D eigenvalue weighted by atomic mass is 10.1. The van der Waals surface area contributed by atoms with Gasteiger partial charge in [0, 0.05) is 18.2 Å². The first-order chi connectivity index (χ1) is 8.15. The molecule has 0 saturated heterocycles. The Hall–Kier alpha value is -1.71. The average Bonchev–Trinajstić information content (AvgIpc) is 2.27. The predicted octanol–water partition coefficient (Wildman–Crippen LogP) is 2.44. The second kappa shape index (κ2) is 5.08. The first-order valence-corrected chi connectivity index (χ1v) is 5.84. The number of nitrogens with one attached hydrogen (secondary N) is 1. The number of amides is 1. The van der Waals surface area contributed by atoms with Crippen molar-refractivity contribution in [2.45, 2.75) is 20.3 Å². The topological polar surface area (TPSA) is 47.6 Å². The summed E-state index contributed by atoms with van der Waals surface area (Å²) in [5, 5.41) is 2.85. The minimum Gasteiger partial charge on any atom is -0.486 e. The minimum absolute atomic E-state index is 0.0247. The Balaban J connectivity index is 2.04. The predicted molar refractivity (Wildman–Crippen MR) is 65.5 cm³/mol. The Morgan fingerprint density at radius 3 is 2.71 bits per heavy atom. The molecule has 0 spiro atoms. The molecule has 1 aliphatic heterocycles. The van der Waals surface area contributed by atoms with Crippen LogP contribution in [-0.2, 0) is 4.79 Å². The van der Waals surface area contributed by atoms with Gasteiger partial charge in [-0.3, -0.25) is 4.79 Å². The Morgan fingerprint density at radius 1 is 1.29 bits per heavy atom. The van der Waals surface area contributed by atoms with Crippen molar-refractivity contribution in [2.75, 3.05) is 18.5 Å². The van der Waals surface area contributed by atoms with Crippen molar-refractivity contribution in [1.82, 2.24) is 0 Å². The summed E-state index contributed by atoms with van der Waals surface area (Å²) in [6, 6.07) is 5.44. The third kappa shape index (κ3) is 3.12. The maximum atomic E-state index is 11.6. The molecule has 0 atom stereocenters. The van der Waals surface area contributed by atoms with Gasteiger partial charge in [0.2, 0.25) is 5.91 Å². The Morgan fingerprint density at radius 2 is 2.00 bits per heavy atom. The van der Waals surface area contributed by atoms with Crippen LogP contribution in [0, 0.1) is 5.92 Å². The van der Waals surface area contributed by atoms with Gasteiger partial charge in [-0.1, -0.05) is 13.8 Å². The normalized spacial score (nSPS) is 13.6. The highest BCUT2D eigenvalue weighted by atomic mass is 16.6. The fourth-order valence-electron chi connectivity index (χ4n) is 1.70. The standard InChI is InChI=1S/C13H17NO3/c1-9(2)7-13(15)14-10-3-4-11-12(8-10)17-6-5-16-11/h3-4,8-9H,5-7H2,1-2H3,(H,14,15). The number of rotatable bonds is 3. The van der Waals surface area contributed by atoms with Crippen molar-refractivity contribution in [2.24, 2.45) is 5.92 Å². The van der Waals surface area contributed by atoms with Crippen molar-refractivity contribution in [1.29, 1.82) is 0 Å². The van der Waals surface area contributed by atoms with Gasteiger partial charge in [-0.25, -0.2) is 0 Å². The zero-order valence-corrected chi connectivity index (χ0v) is 10.2. The van der Waals surface area contributed by atoms with Crippen LogP contribution in [0.5, 0.6) is 11.5 Å². The van der Waals surface area contributed by atoms with Crippen LogP contribution in [0.4, 0.5) is 5.69 Å². The van der Waals surface area contributed by atoms with Crippen molar-refractivity contribution < 1.29 is 14.3 Å². The Bertz CT molecular complexity index is 415. The molecule has 0 fully saturated rings. The third-order valence-electron chi connectivity index (χ3n) is 2.42. The molecule has 1 aromatic carbocycles. The van der Waals surface area contributed by atoms with Crippen LogP contribution in [0.1, 0.15) is 20.3 Å². The zero-order chi connectivity index (χ0) is 12.3. The van der Waals surface area contributed by atoms with Crippen LogP contribution in [-0.4, -0.2) is 19.1 Å². The molecule has 1 amide bonds. The van der Waals surface area contributed by atoms with Crippen LogP contribution in [0.2, 0.25) is 0 Å². The fraction of sp³-hybridized carbons (Fsp3) is 0.462. The SMILES string of the molecule is CC(C)CC(=O)Nc1ccc2c(c1)OCCO2. The summed E-state index contributed by atoms with van der Waals surface area (Å²) in [6.07, 6.45) is 0.522. The molecule has 1 aromatic rings. The average molecular weight is 235 g/mol. The molecule has 0 aliphatic carbocycles. The largest absolute Gasteiger partial charge is 0.486 e. The van der Waals surface area contributed by atoms with Gasteiger partial charge >= 0.3 is 0 Å². The van der Waals surface area contributed by atoms with E-state index >= 15 is 0 Å². The number of anilines is 1. The molecule has 0 radical (unpaired) electrons. The molecular weight excluding hydrogens is 218 g/mol. The van der Waals surface area contributed by atoms with Gasteiger partial charge in [0.25, 0.3) is 0 Å². The van der Waals surface area contributed by atoms with Gasteiger partial charge in [-0.2, -0.15) is 0 Å². The van der Waals surface area contributed by atoms with Crippen LogP contribution in [0.15, 0.2) is 18.2 Å². The lowest BCUT2D eigenvalue weighted by Gasteiger charge is -2.19. The summed E-state index contributed by atoms with van der Waals surface area (Å²) >= 11 is 0. The summed E-state index contributed by atoms with van der Waals surface area (Å²) in [7, 11) is 0. The third-order valence-corrected chi connectivity index (χ3v) is 2.42. The van der Waals surface area contributed by atoms with Crippen molar-refractivity contribution in [3.8, 4) is 11.5 Å². The van der Waals surface area contributed by atoms with Gasteiger partial charge < -0.3 is 14.8 Å². The lowest BCUT2D eigenvalue weighted by Crippen LogP contribution is -2.17. The quantitative estimate of drug-likeness (QED) is 0.875. The van der Waals surface area contributed by atoms with E-state index in [0.717, 1.165) is 11.4 Å². The summed E-state index contributed by atoms with van der Waals surface area (Å²) in [5.74, 6) is 1.81. The number of hydrogen-bond acceptors (Lipinski definition) is 3. The minimum atomic E-state index is 0.0247. The van der Waals surface area contributed by atoms with Crippen molar-refractivity contribution in [3.63, 3.8) is 0 Å². The Kier molecular flexibility index (Phi) is 3.52. The number of ether oxygens (including phenoxy) is 2.